The van der Waals surface area contributed by atoms with Crippen LogP contribution < -0.4 is 5.56 Å². The Labute approximate surface area is 170 Å². The van der Waals surface area contributed by atoms with E-state index in [4.69, 9.17) is 0 Å². The second-order valence-corrected chi connectivity index (χ2v) is 7.41. The van der Waals surface area contributed by atoms with Crippen molar-refractivity contribution in [2.75, 3.05) is 5.88 Å². The average molecular weight is 405 g/mol. The molecule has 0 radical (unpaired) electrons. The van der Waals surface area contributed by atoms with E-state index in [0.717, 1.165) is 5.56 Å². The number of hydrogen-bond acceptors (Lipinski definition) is 7. The van der Waals surface area contributed by atoms with Gasteiger partial charge in [0.1, 0.15) is 11.6 Å². The third-order valence-corrected chi connectivity index (χ3v) is 5.63. The summed E-state index contributed by atoms with van der Waals surface area (Å²) in [6, 6.07) is 17.6. The first kappa shape index (κ1) is 18.9. The summed E-state index contributed by atoms with van der Waals surface area (Å²) in [4.78, 5) is 30.0. The fourth-order valence-corrected chi connectivity index (χ4v) is 4.07. The van der Waals surface area contributed by atoms with E-state index in [1.54, 1.807) is 0 Å². The fourth-order valence-electron chi connectivity index (χ4n) is 3.15. The molecule has 0 bridgehead atoms. The molecule has 0 unspecified atom stereocenters. The van der Waals surface area contributed by atoms with E-state index in [2.05, 4.69) is 9.88 Å². The highest BCUT2D eigenvalue weighted by Gasteiger charge is 2.24. The van der Waals surface area contributed by atoms with E-state index in [1.807, 2.05) is 36.4 Å². The van der Waals surface area contributed by atoms with Gasteiger partial charge in [0, 0.05) is 24.2 Å². The zero-order valence-electron chi connectivity index (χ0n) is 15.2. The Morgan fingerprint density at radius 3 is 2.55 bits per heavy atom. The van der Waals surface area contributed by atoms with Crippen LogP contribution in [0.15, 0.2) is 64.5 Å². The van der Waals surface area contributed by atoms with E-state index >= 15 is 0 Å². The number of nitro groups is 1. The van der Waals surface area contributed by atoms with Gasteiger partial charge in [-0.05, 0) is 17.7 Å². The largest absolute Gasteiger partial charge is 0.273 e. The normalized spacial score (nSPS) is 13.5. The van der Waals surface area contributed by atoms with Crippen molar-refractivity contribution in [3.63, 3.8) is 0 Å². The summed E-state index contributed by atoms with van der Waals surface area (Å²) in [5.41, 5.74) is 1.36. The smallest absolute Gasteiger partial charge is 0.273 e. The Hall–Kier alpha value is -3.48. The monoisotopic (exact) mass is 405 g/mol. The summed E-state index contributed by atoms with van der Waals surface area (Å²) < 4.78 is 1.50. The summed E-state index contributed by atoms with van der Waals surface area (Å²) in [5.74, 6) is 0.660. The van der Waals surface area contributed by atoms with Crippen molar-refractivity contribution >= 4 is 17.4 Å². The Kier molecular flexibility index (Phi) is 5.12. The third kappa shape index (κ3) is 3.76. The highest BCUT2D eigenvalue weighted by Crippen LogP contribution is 2.28. The van der Waals surface area contributed by atoms with Gasteiger partial charge in [0.05, 0.1) is 23.2 Å². The van der Waals surface area contributed by atoms with Gasteiger partial charge in [-0.2, -0.15) is 5.26 Å². The zero-order valence-corrected chi connectivity index (χ0v) is 16.0. The SMILES string of the molecule is N#Cc1c(-c2ccc([N+](=O)[O-])cc2)nc2n(c1=O)CN(Cc1ccccc1)CS2. The molecule has 144 valence electrons. The molecule has 0 atom stereocenters. The van der Waals surface area contributed by atoms with Crippen LogP contribution in [0.5, 0.6) is 0 Å². The van der Waals surface area contributed by atoms with Crippen molar-refractivity contribution in [2.45, 2.75) is 18.4 Å². The van der Waals surface area contributed by atoms with E-state index in [0.29, 0.717) is 29.8 Å². The van der Waals surface area contributed by atoms with Gasteiger partial charge < -0.3 is 0 Å². The van der Waals surface area contributed by atoms with Gasteiger partial charge in [0.25, 0.3) is 11.2 Å². The summed E-state index contributed by atoms with van der Waals surface area (Å²) in [5, 5.41) is 21.0. The molecule has 0 amide bonds. The molecule has 8 nitrogen and oxygen atoms in total. The average Bonchev–Trinajstić information content (AvgIpc) is 2.75. The van der Waals surface area contributed by atoms with Crippen LogP contribution in [0.1, 0.15) is 11.1 Å². The number of thioether (sulfide) groups is 1. The molecule has 0 saturated carbocycles. The van der Waals surface area contributed by atoms with Crippen LogP contribution in [0.4, 0.5) is 5.69 Å². The second-order valence-electron chi connectivity index (χ2n) is 6.50. The molecule has 9 heteroatoms. The number of aromatic nitrogens is 2. The van der Waals surface area contributed by atoms with Gasteiger partial charge in [-0.25, -0.2) is 4.98 Å². The number of benzene rings is 2. The van der Waals surface area contributed by atoms with Gasteiger partial charge >= 0.3 is 0 Å². The van der Waals surface area contributed by atoms with E-state index in [9.17, 15) is 20.2 Å². The van der Waals surface area contributed by atoms with Gasteiger partial charge in [-0.15, -0.1) is 0 Å². The molecule has 0 saturated heterocycles. The number of non-ortho nitro benzene ring substituents is 1. The molecule has 1 aromatic heterocycles. The maximum Gasteiger partial charge on any atom is 0.273 e. The van der Waals surface area contributed by atoms with Crippen molar-refractivity contribution in [1.82, 2.24) is 14.5 Å². The maximum atomic E-state index is 13.0. The molecule has 1 aliphatic rings. The molecule has 29 heavy (non-hydrogen) atoms. The van der Waals surface area contributed by atoms with E-state index in [-0.39, 0.29) is 16.9 Å². The van der Waals surface area contributed by atoms with Crippen LogP contribution in [0, 0.1) is 21.4 Å². The molecule has 2 aromatic carbocycles. The van der Waals surface area contributed by atoms with Gasteiger partial charge in [0.2, 0.25) is 0 Å². The first-order chi connectivity index (χ1) is 14.1. The standard InChI is InChI=1S/C20H15N5O3S/c21-10-17-18(15-6-8-16(9-7-15)25(27)28)22-20-24(19(17)26)12-23(13-29-20)11-14-4-2-1-3-5-14/h1-9H,11-13H2. The van der Waals surface area contributed by atoms with Gasteiger partial charge in [0.15, 0.2) is 5.16 Å². The lowest BCUT2D eigenvalue weighted by Gasteiger charge is -2.29. The topological polar surface area (TPSA) is 105 Å². The minimum absolute atomic E-state index is 0.0622. The van der Waals surface area contributed by atoms with Crippen LogP contribution in [0.2, 0.25) is 0 Å². The Morgan fingerprint density at radius 2 is 1.90 bits per heavy atom. The fraction of sp³-hybridized carbons (Fsp3) is 0.150. The lowest BCUT2D eigenvalue weighted by Crippen LogP contribution is -2.38. The summed E-state index contributed by atoms with van der Waals surface area (Å²) in [7, 11) is 0. The molecule has 4 rings (SSSR count). The first-order valence-corrected chi connectivity index (χ1v) is 9.74. The number of nitrogens with zero attached hydrogens (tertiary/aromatic N) is 5. The Morgan fingerprint density at radius 1 is 1.17 bits per heavy atom. The first-order valence-electron chi connectivity index (χ1n) is 8.75. The lowest BCUT2D eigenvalue weighted by atomic mass is 10.1. The molecule has 0 spiro atoms. The van der Waals surface area contributed by atoms with E-state index < -0.39 is 10.5 Å². The highest BCUT2D eigenvalue weighted by atomic mass is 32.2. The lowest BCUT2D eigenvalue weighted by molar-refractivity contribution is -0.384. The predicted molar refractivity (Wildman–Crippen MR) is 108 cm³/mol. The molecule has 3 aromatic rings. The van der Waals surface area contributed by atoms with Crippen molar-refractivity contribution in [2.24, 2.45) is 0 Å². The second kappa shape index (κ2) is 7.87. The Bertz CT molecular complexity index is 1170. The number of rotatable bonds is 4. The minimum atomic E-state index is -0.499. The number of nitro benzene ring substituents is 1. The van der Waals surface area contributed by atoms with E-state index in [1.165, 1.54) is 40.6 Å². The summed E-state index contributed by atoms with van der Waals surface area (Å²) in [6.45, 7) is 1.03. The predicted octanol–water partition coefficient (Wildman–Crippen LogP) is 3.21. The molecular weight excluding hydrogens is 390 g/mol. The van der Waals surface area contributed by atoms with Crippen molar-refractivity contribution in [3.05, 3.63) is 86.2 Å². The van der Waals surface area contributed by atoms with Crippen LogP contribution in [-0.4, -0.2) is 25.3 Å². The molecule has 1 aliphatic heterocycles. The number of hydrogen-bond donors (Lipinski definition) is 0. The molecule has 2 heterocycles. The minimum Gasteiger partial charge on any atom is -0.273 e. The molecule has 0 N–H and O–H groups in total. The van der Waals surface area contributed by atoms with Gasteiger partial charge in [-0.1, -0.05) is 42.1 Å². The van der Waals surface area contributed by atoms with Crippen LogP contribution >= 0.6 is 11.8 Å². The Balaban J connectivity index is 1.68. The van der Waals surface area contributed by atoms with Crippen molar-refractivity contribution in [3.8, 4) is 17.3 Å². The quantitative estimate of drug-likeness (QED) is 0.373. The molecular formula is C20H15N5O3S. The number of nitriles is 1. The highest BCUT2D eigenvalue weighted by molar-refractivity contribution is 7.99. The maximum absolute atomic E-state index is 13.0. The number of fused-ring (bicyclic) bond motifs is 1. The van der Waals surface area contributed by atoms with Crippen molar-refractivity contribution in [1.29, 1.82) is 5.26 Å². The summed E-state index contributed by atoms with van der Waals surface area (Å²) >= 11 is 1.43. The summed E-state index contributed by atoms with van der Waals surface area (Å²) in [6.07, 6.45) is 0. The van der Waals surface area contributed by atoms with Crippen LogP contribution in [0.25, 0.3) is 11.3 Å². The molecule has 0 fully saturated rings. The molecule has 0 aliphatic carbocycles. The van der Waals surface area contributed by atoms with Crippen molar-refractivity contribution < 1.29 is 4.92 Å². The zero-order chi connectivity index (χ0) is 20.4. The van der Waals surface area contributed by atoms with Crippen LogP contribution in [-0.2, 0) is 13.2 Å². The van der Waals surface area contributed by atoms with Crippen LogP contribution in [0.3, 0.4) is 0 Å². The third-order valence-electron chi connectivity index (χ3n) is 4.56. The van der Waals surface area contributed by atoms with Gasteiger partial charge in [-0.3, -0.25) is 24.4 Å².